The van der Waals surface area contributed by atoms with Crippen LogP contribution in [0.1, 0.15) is 39.0 Å². The lowest BCUT2D eigenvalue weighted by molar-refractivity contribution is 0.297. The molecule has 0 nitrogen and oxygen atoms in total. The van der Waals surface area contributed by atoms with E-state index in [1.807, 2.05) is 0 Å². The average molecular weight is 150 g/mol. The minimum atomic E-state index is 1.16. The Labute approximate surface area is 69.4 Å². The number of hydrogen-bond donors (Lipinski definition) is 0. The van der Waals surface area contributed by atoms with Crippen LogP contribution < -0.4 is 0 Å². The highest BCUT2D eigenvalue weighted by molar-refractivity contribution is 5.09. The lowest BCUT2D eigenvalue weighted by Crippen LogP contribution is -2.12. The van der Waals surface area contributed by atoms with Crippen molar-refractivity contribution in [1.82, 2.24) is 0 Å². The molecule has 0 spiro atoms. The maximum absolute atomic E-state index is 2.34. The van der Waals surface area contributed by atoms with E-state index in [2.05, 4.69) is 6.92 Å². The summed E-state index contributed by atoms with van der Waals surface area (Å²) in [6.45, 7) is 2.34. The summed E-state index contributed by atoms with van der Waals surface area (Å²) >= 11 is 0. The molecule has 0 heteroatoms. The molecule has 0 aromatic heterocycles. The highest BCUT2D eigenvalue weighted by atomic mass is 14.6. The zero-order valence-electron chi connectivity index (χ0n) is 7.42. The molecule has 3 aliphatic carbocycles. The second-order valence-corrected chi connectivity index (χ2v) is 5.01. The van der Waals surface area contributed by atoms with Crippen molar-refractivity contribution in [3.05, 3.63) is 0 Å². The summed E-state index contributed by atoms with van der Waals surface area (Å²) in [5.41, 5.74) is 0. The van der Waals surface area contributed by atoms with E-state index in [4.69, 9.17) is 0 Å². The van der Waals surface area contributed by atoms with Gasteiger partial charge in [-0.2, -0.15) is 0 Å². The molecule has 3 saturated carbocycles. The molecular formula is C11H18. The third-order valence-corrected chi connectivity index (χ3v) is 4.49. The third kappa shape index (κ3) is 0.761. The smallest absolute Gasteiger partial charge is 0.0349 e. The molecule has 0 radical (unpaired) electrons. The van der Waals surface area contributed by atoms with Gasteiger partial charge in [-0.3, -0.25) is 0 Å². The highest BCUT2D eigenvalue weighted by Crippen LogP contribution is 2.68. The Hall–Kier alpha value is 0. The molecular weight excluding hydrogens is 132 g/mol. The number of fused-ring (bicyclic) bond motifs is 5. The SMILES string of the molecule is CCCC1CC2CC1C1CC21. The van der Waals surface area contributed by atoms with Crippen LogP contribution in [0.15, 0.2) is 0 Å². The molecule has 0 saturated heterocycles. The topological polar surface area (TPSA) is 0 Å². The van der Waals surface area contributed by atoms with Crippen LogP contribution in [0.2, 0.25) is 0 Å². The Bertz CT molecular complexity index is 173. The van der Waals surface area contributed by atoms with Gasteiger partial charge in [0.05, 0.1) is 0 Å². The summed E-state index contributed by atoms with van der Waals surface area (Å²) in [4.78, 5) is 0. The zero-order chi connectivity index (χ0) is 7.42. The first-order chi connectivity index (χ1) is 5.40. The second kappa shape index (κ2) is 2.02. The Morgan fingerprint density at radius 2 is 1.91 bits per heavy atom. The molecule has 3 rings (SSSR count). The van der Waals surface area contributed by atoms with Gasteiger partial charge in [0.2, 0.25) is 0 Å². The van der Waals surface area contributed by atoms with Gasteiger partial charge in [0.15, 0.2) is 0 Å². The molecule has 5 unspecified atom stereocenters. The lowest BCUT2D eigenvalue weighted by Gasteiger charge is -2.20. The normalized spacial score (nSPS) is 58.1. The number of rotatable bonds is 2. The van der Waals surface area contributed by atoms with Gasteiger partial charge in [0.1, 0.15) is 0 Å². The minimum absolute atomic E-state index is 1.16. The van der Waals surface area contributed by atoms with E-state index < -0.39 is 0 Å². The molecule has 3 aliphatic rings. The van der Waals surface area contributed by atoms with Gasteiger partial charge in [0, 0.05) is 0 Å². The lowest BCUT2D eigenvalue weighted by atomic mass is 9.85. The van der Waals surface area contributed by atoms with E-state index in [1.54, 1.807) is 19.3 Å². The Kier molecular flexibility index (Phi) is 1.20. The van der Waals surface area contributed by atoms with Crippen LogP contribution in [0, 0.1) is 29.6 Å². The van der Waals surface area contributed by atoms with Crippen molar-refractivity contribution in [2.75, 3.05) is 0 Å². The van der Waals surface area contributed by atoms with E-state index >= 15 is 0 Å². The van der Waals surface area contributed by atoms with Crippen LogP contribution in [0.3, 0.4) is 0 Å². The van der Waals surface area contributed by atoms with E-state index in [0.717, 1.165) is 5.92 Å². The zero-order valence-corrected chi connectivity index (χ0v) is 7.42. The molecule has 0 aliphatic heterocycles. The van der Waals surface area contributed by atoms with Crippen molar-refractivity contribution in [3.63, 3.8) is 0 Å². The summed E-state index contributed by atoms with van der Waals surface area (Å²) in [6, 6.07) is 0. The van der Waals surface area contributed by atoms with Gasteiger partial charge >= 0.3 is 0 Å². The van der Waals surface area contributed by atoms with Crippen molar-refractivity contribution < 1.29 is 0 Å². The molecule has 3 fully saturated rings. The van der Waals surface area contributed by atoms with Crippen molar-refractivity contribution in [2.24, 2.45) is 29.6 Å². The Morgan fingerprint density at radius 1 is 1.00 bits per heavy atom. The van der Waals surface area contributed by atoms with Gasteiger partial charge in [-0.25, -0.2) is 0 Å². The summed E-state index contributed by atoms with van der Waals surface area (Å²) in [5.74, 6) is 6.01. The largest absolute Gasteiger partial charge is 0.0654 e. The van der Waals surface area contributed by atoms with Crippen LogP contribution in [0.25, 0.3) is 0 Å². The van der Waals surface area contributed by atoms with Gasteiger partial charge in [0.25, 0.3) is 0 Å². The van der Waals surface area contributed by atoms with Crippen LogP contribution in [0.5, 0.6) is 0 Å². The highest BCUT2D eigenvalue weighted by Gasteiger charge is 2.60. The molecule has 5 atom stereocenters. The molecule has 0 heterocycles. The Balaban J connectivity index is 1.73. The fraction of sp³-hybridized carbons (Fsp3) is 1.00. The predicted octanol–water partition coefficient (Wildman–Crippen LogP) is 3.08. The van der Waals surface area contributed by atoms with Crippen LogP contribution in [-0.2, 0) is 0 Å². The van der Waals surface area contributed by atoms with E-state index in [9.17, 15) is 0 Å². The van der Waals surface area contributed by atoms with Gasteiger partial charge < -0.3 is 0 Å². The summed E-state index contributed by atoms with van der Waals surface area (Å²) in [5, 5.41) is 0. The second-order valence-electron chi connectivity index (χ2n) is 5.01. The fourth-order valence-electron chi connectivity index (χ4n) is 4.05. The fourth-order valence-corrected chi connectivity index (χ4v) is 4.05. The monoisotopic (exact) mass is 150 g/mol. The quantitative estimate of drug-likeness (QED) is 0.567. The van der Waals surface area contributed by atoms with Gasteiger partial charge in [-0.05, 0) is 48.9 Å². The van der Waals surface area contributed by atoms with Crippen LogP contribution >= 0.6 is 0 Å². The Morgan fingerprint density at radius 3 is 2.55 bits per heavy atom. The average Bonchev–Trinajstić information content (AvgIpc) is 2.62. The number of hydrogen-bond acceptors (Lipinski definition) is 0. The van der Waals surface area contributed by atoms with Gasteiger partial charge in [-0.15, -0.1) is 0 Å². The van der Waals surface area contributed by atoms with Crippen molar-refractivity contribution >= 4 is 0 Å². The van der Waals surface area contributed by atoms with Gasteiger partial charge in [-0.1, -0.05) is 19.8 Å². The first-order valence-electron chi connectivity index (χ1n) is 5.40. The molecule has 2 bridgehead atoms. The standard InChI is InChI=1S/C11H18/c1-2-3-7-4-8-5-9(7)11-6-10(8)11/h7-11H,2-6H2,1H3. The third-order valence-electron chi connectivity index (χ3n) is 4.49. The summed E-state index contributed by atoms with van der Waals surface area (Å²) in [7, 11) is 0. The first-order valence-corrected chi connectivity index (χ1v) is 5.40. The maximum atomic E-state index is 2.34. The summed E-state index contributed by atoms with van der Waals surface area (Å²) < 4.78 is 0. The van der Waals surface area contributed by atoms with E-state index in [1.165, 1.54) is 36.5 Å². The predicted molar refractivity (Wildman–Crippen MR) is 46.2 cm³/mol. The van der Waals surface area contributed by atoms with Crippen molar-refractivity contribution in [1.29, 1.82) is 0 Å². The molecule has 0 N–H and O–H groups in total. The molecule has 11 heavy (non-hydrogen) atoms. The first kappa shape index (κ1) is 6.51. The van der Waals surface area contributed by atoms with Crippen molar-refractivity contribution in [2.45, 2.75) is 39.0 Å². The molecule has 0 amide bonds. The molecule has 0 aromatic carbocycles. The molecule has 62 valence electrons. The van der Waals surface area contributed by atoms with Crippen LogP contribution in [0.4, 0.5) is 0 Å². The molecule has 0 aromatic rings. The van der Waals surface area contributed by atoms with E-state index in [0.29, 0.717) is 0 Å². The maximum Gasteiger partial charge on any atom is -0.0349 e. The van der Waals surface area contributed by atoms with Crippen LogP contribution in [-0.4, -0.2) is 0 Å². The van der Waals surface area contributed by atoms with Crippen molar-refractivity contribution in [3.8, 4) is 0 Å². The summed E-state index contributed by atoms with van der Waals surface area (Å²) in [6.07, 6.45) is 7.81. The minimum Gasteiger partial charge on any atom is -0.0654 e. The van der Waals surface area contributed by atoms with E-state index in [-0.39, 0.29) is 0 Å².